The summed E-state index contributed by atoms with van der Waals surface area (Å²) in [5.41, 5.74) is 9.62. The summed E-state index contributed by atoms with van der Waals surface area (Å²) in [7, 11) is 1.90. The predicted octanol–water partition coefficient (Wildman–Crippen LogP) is 3.15. The van der Waals surface area contributed by atoms with Gasteiger partial charge in [0.1, 0.15) is 11.6 Å². The molecule has 1 heterocycles. The van der Waals surface area contributed by atoms with Gasteiger partial charge in [-0.2, -0.15) is 0 Å². The van der Waals surface area contributed by atoms with E-state index in [4.69, 9.17) is 5.73 Å². The second-order valence-corrected chi connectivity index (χ2v) is 4.96. The largest absolute Gasteiger partial charge is 0.327 e. The first-order valence-electron chi connectivity index (χ1n) is 6.52. The van der Waals surface area contributed by atoms with Crippen molar-refractivity contribution in [3.05, 3.63) is 53.3 Å². The number of rotatable bonds is 2. The minimum Gasteiger partial charge on any atom is -0.327 e. The van der Waals surface area contributed by atoms with Gasteiger partial charge < -0.3 is 10.3 Å². The van der Waals surface area contributed by atoms with Crippen molar-refractivity contribution in [1.29, 1.82) is 0 Å². The third-order valence-electron chi connectivity index (χ3n) is 3.61. The molecular formula is C16H16FN3. The smallest absolute Gasteiger partial charge is 0.143 e. The van der Waals surface area contributed by atoms with Gasteiger partial charge in [0.2, 0.25) is 0 Å². The Morgan fingerprint density at radius 2 is 2.05 bits per heavy atom. The lowest BCUT2D eigenvalue weighted by molar-refractivity contribution is 0.620. The number of imidazole rings is 1. The highest BCUT2D eigenvalue weighted by Crippen LogP contribution is 2.27. The molecule has 0 aliphatic heterocycles. The van der Waals surface area contributed by atoms with Crippen molar-refractivity contribution < 1.29 is 4.39 Å². The van der Waals surface area contributed by atoms with Crippen molar-refractivity contribution in [3.8, 4) is 11.4 Å². The van der Waals surface area contributed by atoms with Gasteiger partial charge in [-0.1, -0.05) is 18.2 Å². The molecule has 0 fully saturated rings. The maximum absolute atomic E-state index is 14.3. The summed E-state index contributed by atoms with van der Waals surface area (Å²) in [6.07, 6.45) is 0. The first-order chi connectivity index (χ1) is 9.61. The van der Waals surface area contributed by atoms with Gasteiger partial charge in [-0.05, 0) is 36.2 Å². The molecule has 102 valence electrons. The Balaban J connectivity index is 2.26. The van der Waals surface area contributed by atoms with E-state index in [1.54, 1.807) is 19.1 Å². The van der Waals surface area contributed by atoms with Crippen LogP contribution in [0.15, 0.2) is 36.4 Å². The van der Waals surface area contributed by atoms with Crippen LogP contribution in [0, 0.1) is 12.7 Å². The van der Waals surface area contributed by atoms with Crippen LogP contribution in [-0.2, 0) is 13.6 Å². The molecule has 0 saturated carbocycles. The van der Waals surface area contributed by atoms with Crippen LogP contribution in [0.1, 0.15) is 11.1 Å². The highest BCUT2D eigenvalue weighted by molar-refractivity contribution is 5.81. The summed E-state index contributed by atoms with van der Waals surface area (Å²) < 4.78 is 16.2. The van der Waals surface area contributed by atoms with Gasteiger partial charge in [0.25, 0.3) is 0 Å². The summed E-state index contributed by atoms with van der Waals surface area (Å²) in [6.45, 7) is 2.23. The van der Waals surface area contributed by atoms with E-state index in [2.05, 4.69) is 4.98 Å². The van der Waals surface area contributed by atoms with Gasteiger partial charge in [-0.15, -0.1) is 0 Å². The molecule has 0 aliphatic rings. The fourth-order valence-corrected chi connectivity index (χ4v) is 2.43. The minimum atomic E-state index is -0.218. The molecule has 0 spiro atoms. The van der Waals surface area contributed by atoms with Crippen LogP contribution in [-0.4, -0.2) is 9.55 Å². The molecule has 2 N–H and O–H groups in total. The Morgan fingerprint density at radius 1 is 1.25 bits per heavy atom. The van der Waals surface area contributed by atoms with E-state index >= 15 is 0 Å². The zero-order valence-corrected chi connectivity index (χ0v) is 11.5. The van der Waals surface area contributed by atoms with Gasteiger partial charge in [-0.3, -0.25) is 0 Å². The summed E-state index contributed by atoms with van der Waals surface area (Å²) in [5, 5.41) is 0. The fourth-order valence-electron chi connectivity index (χ4n) is 2.43. The lowest BCUT2D eigenvalue weighted by Crippen LogP contribution is -1.97. The molecule has 0 amide bonds. The number of nitrogens with zero attached hydrogens (tertiary/aromatic N) is 2. The van der Waals surface area contributed by atoms with Crippen LogP contribution in [0.2, 0.25) is 0 Å². The maximum atomic E-state index is 14.3. The molecule has 0 unspecified atom stereocenters. The Bertz CT molecular complexity index is 790. The highest BCUT2D eigenvalue weighted by Gasteiger charge is 2.14. The normalized spacial score (nSPS) is 11.2. The first-order valence-corrected chi connectivity index (χ1v) is 6.52. The van der Waals surface area contributed by atoms with E-state index in [1.165, 1.54) is 0 Å². The molecule has 3 nitrogen and oxygen atoms in total. The molecule has 1 aromatic heterocycles. The Labute approximate surface area is 116 Å². The molecule has 3 rings (SSSR count). The number of benzene rings is 2. The van der Waals surface area contributed by atoms with Crippen molar-refractivity contribution in [3.63, 3.8) is 0 Å². The Hall–Kier alpha value is -2.20. The van der Waals surface area contributed by atoms with Crippen LogP contribution in [0.5, 0.6) is 0 Å². The lowest BCUT2D eigenvalue weighted by atomic mass is 10.1. The standard InChI is InChI=1S/C16H16FN3/c1-10-4-3-5-12(15(10)17)16-19-13-8-11(9-18)6-7-14(13)20(16)2/h3-8H,9,18H2,1-2H3. The number of fused-ring (bicyclic) bond motifs is 1. The lowest BCUT2D eigenvalue weighted by Gasteiger charge is -2.05. The molecule has 0 saturated heterocycles. The van der Waals surface area contributed by atoms with Crippen LogP contribution < -0.4 is 5.73 Å². The Morgan fingerprint density at radius 3 is 2.80 bits per heavy atom. The zero-order chi connectivity index (χ0) is 14.3. The van der Waals surface area contributed by atoms with E-state index < -0.39 is 0 Å². The predicted molar refractivity (Wildman–Crippen MR) is 78.7 cm³/mol. The van der Waals surface area contributed by atoms with Gasteiger partial charge in [-0.25, -0.2) is 9.37 Å². The van der Waals surface area contributed by atoms with Crippen molar-refractivity contribution >= 4 is 11.0 Å². The van der Waals surface area contributed by atoms with Crippen LogP contribution >= 0.6 is 0 Å². The van der Waals surface area contributed by atoms with E-state index in [9.17, 15) is 4.39 Å². The Kier molecular flexibility index (Phi) is 3.03. The van der Waals surface area contributed by atoms with Crippen LogP contribution in [0.25, 0.3) is 22.4 Å². The SMILES string of the molecule is Cc1cccc(-c2nc3cc(CN)ccc3n2C)c1F. The number of aromatic nitrogens is 2. The monoisotopic (exact) mass is 269 g/mol. The maximum Gasteiger partial charge on any atom is 0.143 e. The molecular weight excluding hydrogens is 253 g/mol. The summed E-state index contributed by atoms with van der Waals surface area (Å²) in [5.74, 6) is 0.417. The summed E-state index contributed by atoms with van der Waals surface area (Å²) >= 11 is 0. The van der Waals surface area contributed by atoms with E-state index in [-0.39, 0.29) is 5.82 Å². The highest BCUT2D eigenvalue weighted by atomic mass is 19.1. The number of aryl methyl sites for hydroxylation is 2. The molecule has 2 aromatic carbocycles. The van der Waals surface area contributed by atoms with E-state index in [1.807, 2.05) is 35.9 Å². The molecule has 4 heteroatoms. The number of halogens is 1. The third-order valence-corrected chi connectivity index (χ3v) is 3.61. The molecule has 20 heavy (non-hydrogen) atoms. The van der Waals surface area contributed by atoms with Crippen LogP contribution in [0.3, 0.4) is 0 Å². The van der Waals surface area contributed by atoms with Crippen molar-refractivity contribution in [1.82, 2.24) is 9.55 Å². The number of hydrogen-bond acceptors (Lipinski definition) is 2. The fraction of sp³-hybridized carbons (Fsp3) is 0.188. The van der Waals surface area contributed by atoms with Gasteiger partial charge in [0.15, 0.2) is 0 Å². The zero-order valence-electron chi connectivity index (χ0n) is 11.5. The van der Waals surface area contributed by atoms with Crippen LogP contribution in [0.4, 0.5) is 4.39 Å². The average molecular weight is 269 g/mol. The van der Waals surface area contributed by atoms with Gasteiger partial charge in [0.05, 0.1) is 16.6 Å². The average Bonchev–Trinajstić information content (AvgIpc) is 2.78. The topological polar surface area (TPSA) is 43.8 Å². The third kappa shape index (κ3) is 1.89. The number of hydrogen-bond donors (Lipinski definition) is 1. The second-order valence-electron chi connectivity index (χ2n) is 4.96. The summed E-state index contributed by atoms with van der Waals surface area (Å²) in [4.78, 5) is 4.56. The molecule has 0 aliphatic carbocycles. The number of nitrogens with two attached hydrogens (primary N) is 1. The van der Waals surface area contributed by atoms with Gasteiger partial charge in [0, 0.05) is 13.6 Å². The van der Waals surface area contributed by atoms with Crippen molar-refractivity contribution in [2.24, 2.45) is 12.8 Å². The summed E-state index contributed by atoms with van der Waals surface area (Å²) in [6, 6.07) is 11.3. The quantitative estimate of drug-likeness (QED) is 0.776. The van der Waals surface area contributed by atoms with E-state index in [0.29, 0.717) is 23.5 Å². The second kappa shape index (κ2) is 4.72. The molecule has 0 radical (unpaired) electrons. The molecule has 0 atom stereocenters. The van der Waals surface area contributed by atoms with Crippen molar-refractivity contribution in [2.45, 2.75) is 13.5 Å². The van der Waals surface area contributed by atoms with E-state index in [0.717, 1.165) is 16.6 Å². The van der Waals surface area contributed by atoms with Crippen molar-refractivity contribution in [2.75, 3.05) is 0 Å². The first kappa shape index (κ1) is 12.8. The molecule has 0 bridgehead atoms. The van der Waals surface area contributed by atoms with Gasteiger partial charge >= 0.3 is 0 Å². The molecule has 3 aromatic rings. The minimum absolute atomic E-state index is 0.218.